The number of benzene rings is 2. The third kappa shape index (κ3) is 3.64. The van der Waals surface area contributed by atoms with Gasteiger partial charge < -0.3 is 4.74 Å². The van der Waals surface area contributed by atoms with Crippen molar-refractivity contribution in [1.82, 2.24) is 4.98 Å². The number of ether oxygens (including phenoxy) is 1. The van der Waals surface area contributed by atoms with Crippen molar-refractivity contribution < 1.29 is 39.9 Å². The van der Waals surface area contributed by atoms with Crippen molar-refractivity contribution in [2.45, 2.75) is 0 Å². The minimum Gasteiger partial charge on any atom is -0.481 e. The van der Waals surface area contributed by atoms with Crippen molar-refractivity contribution in [3.8, 4) is 5.88 Å². The lowest BCUT2D eigenvalue weighted by atomic mass is 10.3. The second-order valence-electron chi connectivity index (χ2n) is 5.51. The molecule has 152 valence electrons. The summed E-state index contributed by atoms with van der Waals surface area (Å²) >= 11 is 0. The van der Waals surface area contributed by atoms with Gasteiger partial charge in [-0.15, -0.1) is 0 Å². The van der Waals surface area contributed by atoms with E-state index >= 15 is 0 Å². The van der Waals surface area contributed by atoms with Gasteiger partial charge in [-0.05, 0) is 6.07 Å². The normalized spacial score (nSPS) is 11.2. The molecule has 1 heterocycles. The fraction of sp³-hybridized carbons (Fsp3) is 0.0556. The van der Waals surface area contributed by atoms with Crippen LogP contribution in [0.15, 0.2) is 30.3 Å². The summed E-state index contributed by atoms with van der Waals surface area (Å²) in [6.45, 7) is 0. The van der Waals surface area contributed by atoms with Gasteiger partial charge in [-0.1, -0.05) is 6.07 Å². The summed E-state index contributed by atoms with van der Waals surface area (Å²) in [6, 6.07) is 3.53. The summed E-state index contributed by atoms with van der Waals surface area (Å²) in [5, 5.41) is -2.58. The molecular weight excluding hydrogens is 429 g/mol. The highest BCUT2D eigenvalue weighted by molar-refractivity contribution is 7.79. The van der Waals surface area contributed by atoms with Crippen LogP contribution in [0.25, 0.3) is 0 Å². The van der Waals surface area contributed by atoms with E-state index in [9.17, 15) is 35.1 Å². The lowest BCUT2D eigenvalue weighted by molar-refractivity contribution is 0.399. The van der Waals surface area contributed by atoms with Crippen LogP contribution in [-0.4, -0.2) is 12.1 Å². The van der Waals surface area contributed by atoms with Crippen molar-refractivity contribution in [1.29, 1.82) is 0 Å². The first-order chi connectivity index (χ1) is 13.7. The second-order valence-corrected chi connectivity index (χ2v) is 7.53. The molecule has 3 rings (SSSR count). The van der Waals surface area contributed by atoms with Crippen molar-refractivity contribution in [3.05, 3.63) is 76.9 Å². The maximum Gasteiger partial charge on any atom is 0.213 e. The molecule has 0 radical (unpaired) electrons. The van der Waals surface area contributed by atoms with Crippen LogP contribution in [0.5, 0.6) is 5.88 Å². The molecule has 3 aromatic rings. The number of pyridine rings is 1. The van der Waals surface area contributed by atoms with Crippen LogP contribution in [-0.2, 0) is 0 Å². The van der Waals surface area contributed by atoms with Gasteiger partial charge in [0.15, 0.2) is 34.9 Å². The van der Waals surface area contributed by atoms with Crippen LogP contribution in [0, 0.1) is 46.5 Å². The Morgan fingerprint density at radius 2 is 1.17 bits per heavy atom. The summed E-state index contributed by atoms with van der Waals surface area (Å²) in [7, 11) is -1.94. The maximum atomic E-state index is 14.5. The van der Waals surface area contributed by atoms with Crippen LogP contribution < -0.4 is 20.8 Å². The zero-order valence-electron chi connectivity index (χ0n) is 14.2. The molecule has 0 saturated carbocycles. The fourth-order valence-corrected chi connectivity index (χ4v) is 4.77. The minimum atomic E-state index is -3.11. The third-order valence-electron chi connectivity index (χ3n) is 3.77. The van der Waals surface area contributed by atoms with Crippen molar-refractivity contribution in [2.24, 2.45) is 0 Å². The molecule has 0 unspecified atom stereocenters. The first kappa shape index (κ1) is 21.0. The Bertz CT molecular complexity index is 1040. The first-order valence-corrected chi connectivity index (χ1v) is 8.98. The van der Waals surface area contributed by atoms with E-state index in [2.05, 4.69) is 4.98 Å². The average Bonchev–Trinajstić information content (AvgIpc) is 2.69. The Hall–Kier alpha value is -2.74. The minimum absolute atomic E-state index is 0.0288. The highest BCUT2D eigenvalue weighted by atomic mass is 31.1. The number of hydrogen-bond acceptors (Lipinski definition) is 2. The zero-order chi connectivity index (χ0) is 21.5. The molecule has 29 heavy (non-hydrogen) atoms. The van der Waals surface area contributed by atoms with E-state index in [4.69, 9.17) is 4.74 Å². The number of nitrogens with zero attached hydrogens (tertiary/aromatic N) is 1. The Morgan fingerprint density at radius 3 is 1.62 bits per heavy atom. The van der Waals surface area contributed by atoms with Gasteiger partial charge in [0.05, 0.1) is 23.2 Å². The first-order valence-electron chi connectivity index (χ1n) is 7.64. The molecule has 0 aliphatic rings. The summed E-state index contributed by atoms with van der Waals surface area (Å²) in [6.07, 6.45) is 0. The van der Waals surface area contributed by atoms with Crippen LogP contribution in [0.2, 0.25) is 0 Å². The molecule has 0 spiro atoms. The Kier molecular flexibility index (Phi) is 5.75. The number of rotatable bonds is 4. The largest absolute Gasteiger partial charge is 0.481 e. The predicted octanol–water partition coefficient (Wildman–Crippen LogP) is 3.96. The number of methoxy groups -OCH3 is 1. The maximum absolute atomic E-state index is 14.5. The molecule has 2 aromatic carbocycles. The molecule has 0 atom stereocenters. The molecule has 0 N–H and O–H groups in total. The average molecular weight is 437 g/mol. The molecule has 11 heteroatoms. The highest BCUT2D eigenvalue weighted by Gasteiger charge is 2.35. The van der Waals surface area contributed by atoms with Gasteiger partial charge in [0.1, 0.15) is 11.6 Å². The van der Waals surface area contributed by atoms with E-state index in [1.54, 1.807) is 0 Å². The van der Waals surface area contributed by atoms with Gasteiger partial charge in [-0.3, -0.25) is 0 Å². The van der Waals surface area contributed by atoms with Gasteiger partial charge in [0, 0.05) is 26.1 Å². The smallest absolute Gasteiger partial charge is 0.213 e. The lowest BCUT2D eigenvalue weighted by Crippen LogP contribution is -2.32. The monoisotopic (exact) mass is 437 g/mol. The summed E-state index contributed by atoms with van der Waals surface area (Å²) in [5.41, 5.74) is -0.438. The van der Waals surface area contributed by atoms with Crippen LogP contribution in [0.4, 0.5) is 35.1 Å². The van der Waals surface area contributed by atoms with Crippen molar-refractivity contribution in [2.75, 3.05) is 7.11 Å². The topological polar surface area (TPSA) is 22.1 Å². The lowest BCUT2D eigenvalue weighted by Gasteiger charge is -2.21. The van der Waals surface area contributed by atoms with E-state index in [1.807, 2.05) is 0 Å². The van der Waals surface area contributed by atoms with E-state index in [1.165, 1.54) is 19.2 Å². The van der Waals surface area contributed by atoms with E-state index in [0.717, 1.165) is 6.07 Å². The molecule has 0 aliphatic heterocycles. The standard InChI is InChI=1S/C18H8F8NOP/c1-28-11-3-2-4-12(27-11)29(17-9(21)5-7(19)13(23)15(17)25)18-10(22)6-8(20)14(24)16(18)26/h2-6H,1H3. The fourth-order valence-electron chi connectivity index (χ4n) is 2.51. The van der Waals surface area contributed by atoms with E-state index in [-0.39, 0.29) is 18.0 Å². The van der Waals surface area contributed by atoms with Gasteiger partial charge in [0.2, 0.25) is 5.88 Å². The third-order valence-corrected chi connectivity index (χ3v) is 6.20. The summed E-state index contributed by atoms with van der Waals surface area (Å²) < 4.78 is 117. The van der Waals surface area contributed by atoms with Gasteiger partial charge in [-0.25, -0.2) is 40.1 Å². The molecule has 1 aromatic heterocycles. The molecular formula is C18H8F8NOP. The summed E-state index contributed by atoms with van der Waals surface area (Å²) in [4.78, 5) is 3.82. The predicted molar refractivity (Wildman–Crippen MR) is 89.2 cm³/mol. The van der Waals surface area contributed by atoms with Gasteiger partial charge >= 0.3 is 0 Å². The molecule has 0 saturated heterocycles. The van der Waals surface area contributed by atoms with Crippen LogP contribution >= 0.6 is 7.92 Å². The van der Waals surface area contributed by atoms with Gasteiger partial charge in [0.25, 0.3) is 0 Å². The number of halogens is 8. The van der Waals surface area contributed by atoms with Crippen molar-refractivity contribution >= 4 is 24.0 Å². The quantitative estimate of drug-likeness (QED) is 0.267. The van der Waals surface area contributed by atoms with Crippen LogP contribution in [0.1, 0.15) is 0 Å². The molecule has 0 fully saturated rings. The van der Waals surface area contributed by atoms with Gasteiger partial charge in [-0.2, -0.15) is 0 Å². The van der Waals surface area contributed by atoms with E-state index < -0.39 is 70.5 Å². The highest BCUT2D eigenvalue weighted by Crippen LogP contribution is 2.38. The Balaban J connectivity index is 2.43. The molecule has 0 amide bonds. The second kappa shape index (κ2) is 7.94. The summed E-state index contributed by atoms with van der Waals surface area (Å²) in [5.74, 6) is -15.7. The number of aromatic nitrogens is 1. The van der Waals surface area contributed by atoms with Crippen LogP contribution in [0.3, 0.4) is 0 Å². The molecule has 2 nitrogen and oxygen atoms in total. The SMILES string of the molecule is COc1cccc(P(c2c(F)cc(F)c(F)c2F)c2c(F)cc(F)c(F)c2F)n1. The van der Waals surface area contributed by atoms with Crippen molar-refractivity contribution in [3.63, 3.8) is 0 Å². The zero-order valence-corrected chi connectivity index (χ0v) is 15.1. The Labute approximate surface area is 159 Å². The van der Waals surface area contributed by atoms with E-state index in [0.29, 0.717) is 0 Å². The number of hydrogen-bond donors (Lipinski definition) is 0. The molecule has 0 bridgehead atoms. The molecule has 0 aliphatic carbocycles. The Morgan fingerprint density at radius 1 is 0.690 bits per heavy atom.